The minimum Gasteiger partial charge on any atom is -0.444 e. The Labute approximate surface area is 133 Å². The van der Waals surface area contributed by atoms with Crippen LogP contribution in [0.3, 0.4) is 0 Å². The minimum atomic E-state index is -0.481. The van der Waals surface area contributed by atoms with Gasteiger partial charge in [0.25, 0.3) is 0 Å². The molecule has 0 fully saturated rings. The summed E-state index contributed by atoms with van der Waals surface area (Å²) in [6, 6.07) is 5.88. The first-order chi connectivity index (χ1) is 10.3. The highest BCUT2D eigenvalue weighted by Crippen LogP contribution is 2.10. The number of ether oxygens (including phenoxy) is 1. The first-order valence-electron chi connectivity index (χ1n) is 7.92. The lowest BCUT2D eigenvalue weighted by Gasteiger charge is -2.27. The van der Waals surface area contributed by atoms with Crippen molar-refractivity contribution in [3.8, 4) is 0 Å². The number of hydrogen-bond acceptors (Lipinski definition) is 4. The van der Waals surface area contributed by atoms with Crippen LogP contribution in [0.15, 0.2) is 24.4 Å². The Balaban J connectivity index is 2.48. The molecule has 1 amide bonds. The Bertz CT molecular complexity index is 443. The van der Waals surface area contributed by atoms with Crippen LogP contribution in [0.5, 0.6) is 0 Å². The number of amides is 1. The zero-order valence-electron chi connectivity index (χ0n) is 14.3. The monoisotopic (exact) mass is 307 g/mol. The van der Waals surface area contributed by atoms with Crippen molar-refractivity contribution in [1.29, 1.82) is 0 Å². The van der Waals surface area contributed by atoms with Gasteiger partial charge < -0.3 is 15.4 Å². The van der Waals surface area contributed by atoms with E-state index in [1.165, 1.54) is 0 Å². The second-order valence-electron chi connectivity index (χ2n) is 6.59. The van der Waals surface area contributed by atoms with Gasteiger partial charge in [-0.3, -0.25) is 4.98 Å². The van der Waals surface area contributed by atoms with E-state index in [1.807, 2.05) is 39.0 Å². The van der Waals surface area contributed by atoms with Crippen LogP contribution in [-0.4, -0.2) is 29.3 Å². The van der Waals surface area contributed by atoms with E-state index in [4.69, 9.17) is 4.74 Å². The van der Waals surface area contributed by atoms with Crippen molar-refractivity contribution < 1.29 is 9.53 Å². The number of hydrogen-bond donors (Lipinski definition) is 2. The summed E-state index contributed by atoms with van der Waals surface area (Å²) in [5.74, 6) is 0.365. The fourth-order valence-electron chi connectivity index (χ4n) is 2.00. The summed E-state index contributed by atoms with van der Waals surface area (Å²) >= 11 is 0. The van der Waals surface area contributed by atoms with Gasteiger partial charge in [0.1, 0.15) is 5.60 Å². The van der Waals surface area contributed by atoms with E-state index < -0.39 is 5.60 Å². The molecule has 5 nitrogen and oxygen atoms in total. The molecule has 124 valence electrons. The van der Waals surface area contributed by atoms with Crippen molar-refractivity contribution in [2.45, 2.75) is 59.2 Å². The Hall–Kier alpha value is -1.62. The van der Waals surface area contributed by atoms with Gasteiger partial charge in [-0.15, -0.1) is 0 Å². The van der Waals surface area contributed by atoms with Crippen LogP contribution in [0.25, 0.3) is 0 Å². The topological polar surface area (TPSA) is 63.2 Å². The predicted octanol–water partition coefficient (Wildman–Crippen LogP) is 3.11. The van der Waals surface area contributed by atoms with Crippen LogP contribution in [0.2, 0.25) is 0 Å². The lowest BCUT2D eigenvalue weighted by molar-refractivity contribution is 0.0487. The third kappa shape index (κ3) is 7.41. The third-order valence-electron chi connectivity index (χ3n) is 3.43. The summed E-state index contributed by atoms with van der Waals surface area (Å²) in [5.41, 5.74) is 0.508. The highest BCUT2D eigenvalue weighted by Gasteiger charge is 2.22. The maximum atomic E-state index is 11.9. The summed E-state index contributed by atoms with van der Waals surface area (Å²) in [6.07, 6.45) is 2.41. The summed E-state index contributed by atoms with van der Waals surface area (Å²) < 4.78 is 5.34. The molecule has 0 spiro atoms. The van der Waals surface area contributed by atoms with Crippen molar-refractivity contribution in [3.63, 3.8) is 0 Å². The largest absolute Gasteiger partial charge is 0.444 e. The molecule has 5 heteroatoms. The smallest absolute Gasteiger partial charge is 0.407 e. The van der Waals surface area contributed by atoms with Crippen molar-refractivity contribution in [2.75, 3.05) is 6.54 Å². The Morgan fingerprint density at radius 3 is 2.64 bits per heavy atom. The van der Waals surface area contributed by atoms with Crippen LogP contribution in [0.1, 0.15) is 46.7 Å². The van der Waals surface area contributed by atoms with Gasteiger partial charge >= 0.3 is 6.09 Å². The van der Waals surface area contributed by atoms with E-state index >= 15 is 0 Å². The molecular weight excluding hydrogens is 278 g/mol. The summed E-state index contributed by atoms with van der Waals surface area (Å²) in [6.45, 7) is 11.2. The standard InChI is InChI=1S/C17H29N3O2/c1-6-13(2)15(20-16(21)22-17(3,4)5)12-18-11-14-9-7-8-10-19-14/h7-10,13,15,18H,6,11-12H2,1-5H3,(H,20,21)/t13-,15+/m0/s1. The number of nitrogens with one attached hydrogen (secondary N) is 2. The molecule has 0 unspecified atom stereocenters. The molecule has 2 N–H and O–H groups in total. The van der Waals surface area contributed by atoms with Crippen LogP contribution in [0.4, 0.5) is 4.79 Å². The minimum absolute atomic E-state index is 0.0311. The van der Waals surface area contributed by atoms with Crippen LogP contribution >= 0.6 is 0 Å². The lowest BCUT2D eigenvalue weighted by atomic mass is 9.99. The average Bonchev–Trinajstić information content (AvgIpc) is 2.44. The lowest BCUT2D eigenvalue weighted by Crippen LogP contribution is -2.47. The second-order valence-corrected chi connectivity index (χ2v) is 6.59. The molecule has 0 aliphatic heterocycles. The van der Waals surface area contributed by atoms with Gasteiger partial charge in [-0.25, -0.2) is 4.79 Å². The molecule has 0 saturated heterocycles. The quantitative estimate of drug-likeness (QED) is 0.812. The van der Waals surface area contributed by atoms with Gasteiger partial charge in [0, 0.05) is 25.3 Å². The number of nitrogens with zero attached hydrogens (tertiary/aromatic N) is 1. The highest BCUT2D eigenvalue weighted by atomic mass is 16.6. The summed E-state index contributed by atoms with van der Waals surface area (Å²) in [7, 11) is 0. The first-order valence-corrected chi connectivity index (χ1v) is 7.92. The SMILES string of the molecule is CC[C@H](C)[C@@H](CNCc1ccccn1)NC(=O)OC(C)(C)C. The Kier molecular flexibility index (Phi) is 7.32. The molecule has 1 aromatic heterocycles. The number of alkyl carbamates (subject to hydrolysis) is 1. The molecule has 1 rings (SSSR count). The number of pyridine rings is 1. The van der Waals surface area contributed by atoms with Gasteiger partial charge in [-0.05, 0) is 38.8 Å². The maximum Gasteiger partial charge on any atom is 0.407 e. The highest BCUT2D eigenvalue weighted by molar-refractivity contribution is 5.68. The molecule has 0 radical (unpaired) electrons. The van der Waals surface area contributed by atoms with Crippen LogP contribution in [-0.2, 0) is 11.3 Å². The molecule has 0 bridgehead atoms. The molecule has 2 atom stereocenters. The average molecular weight is 307 g/mol. The number of carbonyl (C=O) groups excluding carboxylic acids is 1. The molecule has 0 aliphatic rings. The predicted molar refractivity (Wildman–Crippen MR) is 88.6 cm³/mol. The number of aromatic nitrogens is 1. The summed E-state index contributed by atoms with van der Waals surface area (Å²) in [5, 5.41) is 6.32. The first kappa shape index (κ1) is 18.4. The van der Waals surface area contributed by atoms with Crippen molar-refractivity contribution in [2.24, 2.45) is 5.92 Å². The fraction of sp³-hybridized carbons (Fsp3) is 0.647. The summed E-state index contributed by atoms with van der Waals surface area (Å²) in [4.78, 5) is 16.2. The second kappa shape index (κ2) is 8.73. The Morgan fingerprint density at radius 2 is 2.09 bits per heavy atom. The van der Waals surface area contributed by atoms with Crippen molar-refractivity contribution in [1.82, 2.24) is 15.6 Å². The number of carbonyl (C=O) groups is 1. The molecule has 0 aliphatic carbocycles. The molecule has 0 saturated carbocycles. The van der Waals surface area contributed by atoms with Gasteiger partial charge in [0.05, 0.1) is 5.69 Å². The van der Waals surface area contributed by atoms with Crippen molar-refractivity contribution >= 4 is 6.09 Å². The van der Waals surface area contributed by atoms with Gasteiger partial charge in [0.15, 0.2) is 0 Å². The van der Waals surface area contributed by atoms with E-state index in [0.29, 0.717) is 19.0 Å². The van der Waals surface area contributed by atoms with E-state index in [2.05, 4.69) is 29.5 Å². The van der Waals surface area contributed by atoms with E-state index in [-0.39, 0.29) is 12.1 Å². The van der Waals surface area contributed by atoms with Crippen molar-refractivity contribution in [3.05, 3.63) is 30.1 Å². The molecule has 1 aromatic rings. The van der Waals surface area contributed by atoms with Crippen LogP contribution < -0.4 is 10.6 Å². The van der Waals surface area contributed by atoms with Crippen LogP contribution in [0, 0.1) is 5.92 Å². The van der Waals surface area contributed by atoms with E-state index in [0.717, 1.165) is 12.1 Å². The molecule has 0 aromatic carbocycles. The zero-order chi connectivity index (χ0) is 16.6. The van der Waals surface area contributed by atoms with Gasteiger partial charge in [0.2, 0.25) is 0 Å². The third-order valence-corrected chi connectivity index (χ3v) is 3.43. The number of rotatable bonds is 7. The van der Waals surface area contributed by atoms with E-state index in [1.54, 1.807) is 6.20 Å². The maximum absolute atomic E-state index is 11.9. The molecular formula is C17H29N3O2. The van der Waals surface area contributed by atoms with E-state index in [9.17, 15) is 4.79 Å². The molecule has 1 heterocycles. The van der Waals surface area contributed by atoms with Gasteiger partial charge in [-0.1, -0.05) is 26.3 Å². The normalized spacial score (nSPS) is 14.2. The fourth-order valence-corrected chi connectivity index (χ4v) is 2.00. The molecule has 22 heavy (non-hydrogen) atoms. The Morgan fingerprint density at radius 1 is 1.36 bits per heavy atom. The van der Waals surface area contributed by atoms with Gasteiger partial charge in [-0.2, -0.15) is 0 Å². The zero-order valence-corrected chi connectivity index (χ0v) is 14.3.